The minimum absolute atomic E-state index is 0.325. The third kappa shape index (κ3) is 3.43. The molecule has 1 aliphatic rings. The maximum atomic E-state index is 11.4. The van der Waals surface area contributed by atoms with Crippen LogP contribution in [0, 0.1) is 11.8 Å². The predicted molar refractivity (Wildman–Crippen MR) is 94.7 cm³/mol. The van der Waals surface area contributed by atoms with Crippen LogP contribution in [0.4, 0.5) is 5.82 Å². The van der Waals surface area contributed by atoms with Crippen molar-refractivity contribution >= 4 is 11.7 Å². The van der Waals surface area contributed by atoms with Crippen LogP contribution in [0.15, 0.2) is 36.5 Å². The van der Waals surface area contributed by atoms with Crippen LogP contribution in [0.1, 0.15) is 35.8 Å². The molecule has 0 saturated carbocycles. The summed E-state index contributed by atoms with van der Waals surface area (Å²) < 4.78 is 1.84. The Morgan fingerprint density at radius 2 is 2.17 bits per heavy atom. The van der Waals surface area contributed by atoms with Gasteiger partial charge in [0.05, 0.1) is 6.20 Å². The zero-order valence-corrected chi connectivity index (χ0v) is 14.2. The van der Waals surface area contributed by atoms with Gasteiger partial charge in [0.25, 0.3) is 5.91 Å². The molecule has 2 atom stereocenters. The van der Waals surface area contributed by atoms with E-state index >= 15 is 0 Å². The first kappa shape index (κ1) is 16.5. The average Bonchev–Trinajstić information content (AvgIpc) is 2.99. The zero-order valence-electron chi connectivity index (χ0n) is 14.2. The molecule has 6 nitrogen and oxygen atoms in total. The molecular weight excluding hydrogens is 302 g/mol. The molecule has 0 saturated heterocycles. The van der Waals surface area contributed by atoms with Gasteiger partial charge in [0.2, 0.25) is 0 Å². The molecule has 0 spiro atoms. The zero-order chi connectivity index (χ0) is 17.1. The summed E-state index contributed by atoms with van der Waals surface area (Å²) in [6.45, 7) is 6.93. The van der Waals surface area contributed by atoms with Gasteiger partial charge in [-0.1, -0.05) is 44.2 Å². The van der Waals surface area contributed by atoms with Crippen LogP contribution in [-0.4, -0.2) is 28.8 Å². The molecule has 1 aliphatic heterocycles. The van der Waals surface area contributed by atoms with Gasteiger partial charge in [-0.3, -0.25) is 4.79 Å². The van der Waals surface area contributed by atoms with Gasteiger partial charge in [-0.2, -0.15) is 5.10 Å². The first-order valence-electron chi connectivity index (χ1n) is 8.44. The Balaban J connectivity index is 1.63. The third-order valence-corrected chi connectivity index (χ3v) is 4.55. The van der Waals surface area contributed by atoms with Gasteiger partial charge in [0.1, 0.15) is 11.4 Å². The fraction of sp³-hybridized carbons (Fsp3) is 0.444. The van der Waals surface area contributed by atoms with Crippen LogP contribution in [0.2, 0.25) is 0 Å². The Morgan fingerprint density at radius 1 is 1.42 bits per heavy atom. The van der Waals surface area contributed by atoms with Crippen molar-refractivity contribution in [2.75, 3.05) is 18.4 Å². The van der Waals surface area contributed by atoms with Crippen molar-refractivity contribution in [2.24, 2.45) is 17.6 Å². The number of hydrogen-bond donors (Lipinski definition) is 3. The molecule has 0 bridgehead atoms. The minimum Gasteiger partial charge on any atom is -0.369 e. The van der Waals surface area contributed by atoms with E-state index in [1.807, 2.05) is 10.7 Å². The largest absolute Gasteiger partial charge is 0.369 e. The molecular formula is C18H25N5O. The number of rotatable bonds is 6. The van der Waals surface area contributed by atoms with E-state index in [0.29, 0.717) is 23.4 Å². The number of benzene rings is 1. The van der Waals surface area contributed by atoms with Crippen molar-refractivity contribution in [1.82, 2.24) is 15.1 Å². The third-order valence-electron chi connectivity index (χ3n) is 4.55. The van der Waals surface area contributed by atoms with Crippen LogP contribution in [0.25, 0.3) is 0 Å². The van der Waals surface area contributed by atoms with E-state index in [2.05, 4.69) is 53.8 Å². The van der Waals surface area contributed by atoms with Crippen molar-refractivity contribution in [2.45, 2.75) is 26.4 Å². The van der Waals surface area contributed by atoms with Gasteiger partial charge in [-0.25, -0.2) is 4.68 Å². The molecule has 0 fully saturated rings. The lowest BCUT2D eigenvalue weighted by Crippen LogP contribution is -2.38. The smallest absolute Gasteiger partial charge is 0.254 e. The number of nitrogens with one attached hydrogen (secondary N) is 2. The van der Waals surface area contributed by atoms with E-state index in [1.54, 1.807) is 6.20 Å². The summed E-state index contributed by atoms with van der Waals surface area (Å²) in [6, 6.07) is 10.9. The van der Waals surface area contributed by atoms with Gasteiger partial charge in [0, 0.05) is 31.6 Å². The quantitative estimate of drug-likeness (QED) is 0.758. The van der Waals surface area contributed by atoms with Crippen molar-refractivity contribution in [3.05, 3.63) is 47.7 Å². The Kier molecular flexibility index (Phi) is 4.85. The van der Waals surface area contributed by atoms with E-state index in [9.17, 15) is 4.79 Å². The van der Waals surface area contributed by atoms with Gasteiger partial charge in [-0.15, -0.1) is 0 Å². The van der Waals surface area contributed by atoms with Crippen molar-refractivity contribution < 1.29 is 4.79 Å². The first-order chi connectivity index (χ1) is 11.6. The normalized spacial score (nSPS) is 18.0. The summed E-state index contributed by atoms with van der Waals surface area (Å²) in [6.07, 6.45) is 1.54. The minimum atomic E-state index is -0.440. The van der Waals surface area contributed by atoms with Crippen LogP contribution < -0.4 is 16.4 Å². The van der Waals surface area contributed by atoms with E-state index < -0.39 is 5.91 Å². The van der Waals surface area contributed by atoms with Gasteiger partial charge >= 0.3 is 0 Å². The highest BCUT2D eigenvalue weighted by Crippen LogP contribution is 2.24. The number of fused-ring (bicyclic) bond motifs is 1. The van der Waals surface area contributed by atoms with Gasteiger partial charge < -0.3 is 16.4 Å². The van der Waals surface area contributed by atoms with Crippen molar-refractivity contribution in [3.63, 3.8) is 0 Å². The Bertz CT molecular complexity index is 695. The molecule has 6 heteroatoms. The molecule has 0 aliphatic carbocycles. The predicted octanol–water partition coefficient (Wildman–Crippen LogP) is 2.01. The van der Waals surface area contributed by atoms with Crippen molar-refractivity contribution in [3.8, 4) is 0 Å². The number of hydrogen-bond acceptors (Lipinski definition) is 4. The molecule has 1 amide bonds. The average molecular weight is 327 g/mol. The molecule has 2 aromatic rings. The second-order valence-corrected chi connectivity index (χ2v) is 6.74. The van der Waals surface area contributed by atoms with Crippen LogP contribution in [0.5, 0.6) is 0 Å². The Labute approximate surface area is 142 Å². The Hall–Kier alpha value is -2.34. The topological polar surface area (TPSA) is 85.0 Å². The Morgan fingerprint density at radius 3 is 2.83 bits per heavy atom. The molecule has 0 radical (unpaired) electrons. The molecule has 4 N–H and O–H groups in total. The second kappa shape index (κ2) is 7.05. The molecule has 2 heterocycles. The number of nitrogens with zero attached hydrogens (tertiary/aromatic N) is 2. The number of primary amides is 1. The number of amides is 1. The van der Waals surface area contributed by atoms with Crippen LogP contribution in [0.3, 0.4) is 0 Å². The maximum Gasteiger partial charge on any atom is 0.254 e. The van der Waals surface area contributed by atoms with Crippen LogP contribution in [-0.2, 0) is 6.54 Å². The molecule has 128 valence electrons. The molecule has 0 unspecified atom stereocenters. The van der Waals surface area contributed by atoms with Crippen LogP contribution >= 0.6 is 0 Å². The summed E-state index contributed by atoms with van der Waals surface area (Å²) in [5.74, 6) is 1.21. The van der Waals surface area contributed by atoms with E-state index in [-0.39, 0.29) is 0 Å². The number of nitrogens with two attached hydrogens (primary N) is 1. The molecule has 3 rings (SSSR count). The lowest BCUT2D eigenvalue weighted by molar-refractivity contribution is 0.100. The lowest BCUT2D eigenvalue weighted by Gasteiger charge is -2.29. The van der Waals surface area contributed by atoms with E-state index in [1.165, 1.54) is 5.56 Å². The fourth-order valence-corrected chi connectivity index (χ4v) is 3.27. The van der Waals surface area contributed by atoms with Crippen molar-refractivity contribution in [1.29, 1.82) is 0 Å². The lowest BCUT2D eigenvalue weighted by atomic mass is 9.95. The summed E-state index contributed by atoms with van der Waals surface area (Å²) in [5, 5.41) is 11.3. The summed E-state index contributed by atoms with van der Waals surface area (Å²) >= 11 is 0. The SMILES string of the molecule is CC(C)[C@H](NC[C@H]1CNc2c(C(N)=O)cnn2C1)c1ccccc1. The highest BCUT2D eigenvalue weighted by Gasteiger charge is 2.24. The molecule has 24 heavy (non-hydrogen) atoms. The number of anilines is 1. The maximum absolute atomic E-state index is 11.4. The van der Waals surface area contributed by atoms with Gasteiger partial charge in [-0.05, 0) is 11.5 Å². The number of carbonyl (C=O) groups is 1. The summed E-state index contributed by atoms with van der Waals surface area (Å²) in [5.41, 5.74) is 7.14. The number of aromatic nitrogens is 2. The molecule has 1 aromatic carbocycles. The van der Waals surface area contributed by atoms with E-state index in [0.717, 1.165) is 25.5 Å². The molecule has 1 aromatic heterocycles. The first-order valence-corrected chi connectivity index (χ1v) is 8.44. The highest BCUT2D eigenvalue weighted by atomic mass is 16.1. The number of carbonyl (C=O) groups excluding carboxylic acids is 1. The monoisotopic (exact) mass is 327 g/mol. The van der Waals surface area contributed by atoms with Gasteiger partial charge in [0.15, 0.2) is 0 Å². The highest BCUT2D eigenvalue weighted by molar-refractivity contribution is 5.97. The summed E-state index contributed by atoms with van der Waals surface area (Å²) in [7, 11) is 0. The van der Waals surface area contributed by atoms with E-state index in [4.69, 9.17) is 5.73 Å². The fourth-order valence-electron chi connectivity index (χ4n) is 3.27. The second-order valence-electron chi connectivity index (χ2n) is 6.74. The standard InChI is InChI=1S/C18H25N5O/c1-12(2)16(14-6-4-3-5-7-14)20-8-13-9-21-18-15(17(19)24)10-22-23(18)11-13/h3-7,10,12-13,16,20-21H,8-9,11H2,1-2H3,(H2,19,24)/t13-,16-/m0/s1. The summed E-state index contributed by atoms with van der Waals surface area (Å²) in [4.78, 5) is 11.4.